The van der Waals surface area contributed by atoms with Gasteiger partial charge in [-0.25, -0.2) is 12.8 Å². The number of halogens is 7. The molecule has 2 aromatic carbocycles. The summed E-state index contributed by atoms with van der Waals surface area (Å²) in [5.74, 6) is -2.61. The number of likely N-dealkylation sites (tertiary alicyclic amines) is 1. The molecule has 0 spiro atoms. The van der Waals surface area contributed by atoms with Gasteiger partial charge in [-0.2, -0.15) is 26.3 Å². The van der Waals surface area contributed by atoms with Gasteiger partial charge in [-0.05, 0) is 61.9 Å². The van der Waals surface area contributed by atoms with E-state index in [0.717, 1.165) is 12.1 Å². The monoisotopic (exact) mass is 686 g/mol. The van der Waals surface area contributed by atoms with Crippen LogP contribution in [0.4, 0.5) is 30.7 Å². The zero-order valence-electron chi connectivity index (χ0n) is 24.6. The number of aromatic nitrogens is 1. The standard InChI is InChI=1S/C32H29F7N2O5S/c33-30(31(34,35)36,32(37,38)39)24-13-11-23(12-14-24)29(15-17-41(19-29)27(42)20-7-9-21(10-8-20)28(43)44)47(45,46)25-5-3-4-22(18-25)26-6-1-2-16-40-26/h1-6,11-14,16,18,20-21H,7-10,15,17,19H2,(H,43,44). The number of carboxylic acid groups (broad SMARTS) is 1. The van der Waals surface area contributed by atoms with Gasteiger partial charge in [0, 0.05) is 36.3 Å². The lowest BCUT2D eigenvalue weighted by molar-refractivity contribution is -0.348. The van der Waals surface area contributed by atoms with Crippen molar-refractivity contribution in [3.05, 3.63) is 84.1 Å². The highest BCUT2D eigenvalue weighted by Gasteiger charge is 2.73. The van der Waals surface area contributed by atoms with Crippen LogP contribution in [0.25, 0.3) is 11.3 Å². The summed E-state index contributed by atoms with van der Waals surface area (Å²) in [5, 5.41) is 9.30. The minimum atomic E-state index is -6.36. The van der Waals surface area contributed by atoms with Gasteiger partial charge in [0.05, 0.1) is 16.5 Å². The average molecular weight is 687 g/mol. The fourth-order valence-electron chi connectivity index (χ4n) is 6.50. The summed E-state index contributed by atoms with van der Waals surface area (Å²) >= 11 is 0. The van der Waals surface area contributed by atoms with E-state index in [1.807, 2.05) is 0 Å². The van der Waals surface area contributed by atoms with Gasteiger partial charge in [0.25, 0.3) is 0 Å². The van der Waals surface area contributed by atoms with E-state index < -0.39 is 68.4 Å². The van der Waals surface area contributed by atoms with Crippen molar-refractivity contribution in [1.82, 2.24) is 9.88 Å². The molecule has 2 fully saturated rings. The molecule has 1 aromatic heterocycles. The Morgan fingerprint density at radius 2 is 1.45 bits per heavy atom. The number of hydrogen-bond acceptors (Lipinski definition) is 5. The highest BCUT2D eigenvalue weighted by atomic mass is 32.2. The minimum absolute atomic E-state index is 0.114. The van der Waals surface area contributed by atoms with Crippen molar-refractivity contribution in [2.24, 2.45) is 11.8 Å². The number of nitrogens with zero attached hydrogens (tertiary/aromatic N) is 2. The fraction of sp³-hybridized carbons (Fsp3) is 0.406. The Balaban J connectivity index is 1.57. The first kappa shape index (κ1) is 34.3. The molecule has 1 saturated carbocycles. The third-order valence-corrected chi connectivity index (χ3v) is 11.7. The Morgan fingerprint density at radius 3 is 2.00 bits per heavy atom. The van der Waals surface area contributed by atoms with E-state index in [1.54, 1.807) is 24.3 Å². The third-order valence-electron chi connectivity index (χ3n) is 9.18. The fourth-order valence-corrected chi connectivity index (χ4v) is 8.62. The maximum atomic E-state index is 14.8. The third kappa shape index (κ3) is 5.98. The smallest absolute Gasteiger partial charge is 0.435 e. The lowest BCUT2D eigenvalue weighted by atomic mass is 9.81. The Morgan fingerprint density at radius 1 is 0.830 bits per heavy atom. The van der Waals surface area contributed by atoms with Gasteiger partial charge in [-0.3, -0.25) is 14.6 Å². The van der Waals surface area contributed by atoms with Gasteiger partial charge in [0.2, 0.25) is 5.91 Å². The van der Waals surface area contributed by atoms with Crippen LogP contribution in [-0.2, 0) is 29.8 Å². The van der Waals surface area contributed by atoms with Gasteiger partial charge in [-0.15, -0.1) is 0 Å². The molecule has 0 radical (unpaired) electrons. The van der Waals surface area contributed by atoms with Gasteiger partial charge in [-0.1, -0.05) is 42.5 Å². The maximum Gasteiger partial charge on any atom is 0.435 e. The van der Waals surface area contributed by atoms with Crippen molar-refractivity contribution in [1.29, 1.82) is 0 Å². The predicted molar refractivity (Wildman–Crippen MR) is 154 cm³/mol. The number of benzene rings is 2. The molecule has 47 heavy (non-hydrogen) atoms. The van der Waals surface area contributed by atoms with Crippen LogP contribution in [-0.4, -0.2) is 60.7 Å². The summed E-state index contributed by atoms with van der Waals surface area (Å²) in [6.45, 7) is -0.601. The van der Waals surface area contributed by atoms with Crippen LogP contribution in [0.15, 0.2) is 77.8 Å². The van der Waals surface area contributed by atoms with E-state index in [-0.39, 0.29) is 61.2 Å². The molecule has 2 aliphatic rings. The van der Waals surface area contributed by atoms with E-state index >= 15 is 0 Å². The molecule has 1 saturated heterocycles. The van der Waals surface area contributed by atoms with Crippen LogP contribution in [0.1, 0.15) is 43.2 Å². The Bertz CT molecular complexity index is 1730. The van der Waals surface area contributed by atoms with Crippen LogP contribution >= 0.6 is 0 Å². The van der Waals surface area contributed by atoms with E-state index in [0.29, 0.717) is 11.3 Å². The molecule has 1 unspecified atom stereocenters. The Kier molecular flexibility index (Phi) is 8.92. The largest absolute Gasteiger partial charge is 0.481 e. The molecule has 252 valence electrons. The second-order valence-electron chi connectivity index (χ2n) is 11.9. The quantitative estimate of drug-likeness (QED) is 0.274. The normalized spacial score (nSPS) is 22.7. The van der Waals surface area contributed by atoms with Crippen LogP contribution in [0.5, 0.6) is 0 Å². The number of carbonyl (C=O) groups excluding carboxylic acids is 1. The van der Waals surface area contributed by atoms with Gasteiger partial charge >= 0.3 is 24.0 Å². The number of amides is 1. The summed E-state index contributed by atoms with van der Waals surface area (Å²) < 4.78 is 123. The first-order chi connectivity index (χ1) is 21.9. The molecule has 3 aromatic rings. The Hall–Kier alpha value is -4.01. The number of sulfone groups is 1. The predicted octanol–water partition coefficient (Wildman–Crippen LogP) is 6.83. The van der Waals surface area contributed by atoms with Crippen LogP contribution < -0.4 is 0 Å². The van der Waals surface area contributed by atoms with Crippen molar-refractivity contribution in [2.75, 3.05) is 13.1 Å². The van der Waals surface area contributed by atoms with Crippen LogP contribution in [0.2, 0.25) is 0 Å². The van der Waals surface area contributed by atoms with Gasteiger partial charge in [0.1, 0.15) is 4.75 Å². The average Bonchev–Trinajstić information content (AvgIpc) is 3.51. The van der Waals surface area contributed by atoms with E-state index in [1.165, 1.54) is 29.3 Å². The molecular weight excluding hydrogens is 657 g/mol. The van der Waals surface area contributed by atoms with Crippen molar-refractivity contribution in [3.63, 3.8) is 0 Å². The molecule has 1 amide bonds. The number of pyridine rings is 1. The van der Waals surface area contributed by atoms with Crippen LogP contribution in [0.3, 0.4) is 0 Å². The number of alkyl halides is 7. The number of aliphatic carboxylic acids is 1. The zero-order valence-corrected chi connectivity index (χ0v) is 25.4. The molecule has 1 aliphatic carbocycles. The topological polar surface area (TPSA) is 105 Å². The second kappa shape index (κ2) is 12.2. The number of carboxylic acids is 1. The summed E-state index contributed by atoms with van der Waals surface area (Å²) in [6.07, 6.45) is -10.5. The highest BCUT2D eigenvalue weighted by Crippen LogP contribution is 2.54. The lowest BCUT2D eigenvalue weighted by Crippen LogP contribution is -2.50. The molecule has 1 atom stereocenters. The summed E-state index contributed by atoms with van der Waals surface area (Å²) in [6, 6.07) is 12.7. The van der Waals surface area contributed by atoms with E-state index in [4.69, 9.17) is 0 Å². The molecule has 1 N–H and O–H groups in total. The molecule has 7 nitrogen and oxygen atoms in total. The minimum Gasteiger partial charge on any atom is -0.481 e. The number of rotatable bonds is 7. The number of carbonyl (C=O) groups is 2. The van der Waals surface area contributed by atoms with Crippen molar-refractivity contribution < 1.29 is 53.8 Å². The van der Waals surface area contributed by atoms with E-state index in [2.05, 4.69) is 4.98 Å². The molecule has 1 aliphatic heterocycles. The maximum absolute atomic E-state index is 14.8. The Labute approximate surface area is 265 Å². The highest BCUT2D eigenvalue weighted by molar-refractivity contribution is 7.92. The molecule has 15 heteroatoms. The zero-order chi connectivity index (χ0) is 34.4. The first-order valence-corrected chi connectivity index (χ1v) is 16.1. The molecule has 0 bridgehead atoms. The van der Waals surface area contributed by atoms with Crippen molar-refractivity contribution in [3.8, 4) is 11.3 Å². The summed E-state index contributed by atoms with van der Waals surface area (Å²) in [7, 11) is -4.54. The van der Waals surface area contributed by atoms with Crippen molar-refractivity contribution >= 4 is 21.7 Å². The summed E-state index contributed by atoms with van der Waals surface area (Å²) in [4.78, 5) is 30.2. The first-order valence-electron chi connectivity index (χ1n) is 14.6. The van der Waals surface area contributed by atoms with Crippen LogP contribution in [0, 0.1) is 11.8 Å². The van der Waals surface area contributed by atoms with E-state index in [9.17, 15) is 53.8 Å². The molecule has 5 rings (SSSR count). The van der Waals surface area contributed by atoms with Crippen molar-refractivity contribution in [2.45, 2.75) is 59.8 Å². The summed E-state index contributed by atoms with van der Waals surface area (Å²) in [5.41, 5.74) is -6.86. The number of hydrogen-bond donors (Lipinski definition) is 1. The second-order valence-corrected chi connectivity index (χ2v) is 14.1. The SMILES string of the molecule is O=C(O)C1CCC(C(=O)N2CCC(c3ccc(C(F)(C(F)(F)F)C(F)(F)F)cc3)(S(=O)(=O)c3cccc(-c4ccccn4)c3)C2)CC1. The van der Waals surface area contributed by atoms with Gasteiger partial charge < -0.3 is 10.0 Å². The lowest BCUT2D eigenvalue weighted by Gasteiger charge is -2.33. The molecular formula is C32H29F7N2O5S. The van der Waals surface area contributed by atoms with Gasteiger partial charge in [0.15, 0.2) is 9.84 Å². The molecule has 2 heterocycles.